The van der Waals surface area contributed by atoms with Crippen LogP contribution in [0.15, 0.2) is 36.4 Å². The minimum atomic E-state index is -0.731. The number of carbonyl (C=O) groups is 4. The highest BCUT2D eigenvalue weighted by molar-refractivity contribution is 6.01. The van der Waals surface area contributed by atoms with E-state index in [0.717, 1.165) is 0 Å². The largest absolute Gasteiger partial charge is 0.414 e. The van der Waals surface area contributed by atoms with Crippen LogP contribution in [-0.2, 0) is 22.7 Å². The molecule has 0 saturated heterocycles. The second-order valence-corrected chi connectivity index (χ2v) is 8.05. The number of amides is 3. The van der Waals surface area contributed by atoms with Gasteiger partial charge in [-0.25, -0.2) is 9.18 Å². The van der Waals surface area contributed by atoms with Gasteiger partial charge < -0.3 is 30.0 Å². The Morgan fingerprint density at radius 1 is 1.26 bits per heavy atom. The fourth-order valence-electron chi connectivity index (χ4n) is 3.62. The van der Waals surface area contributed by atoms with Gasteiger partial charge in [-0.2, -0.15) is 0 Å². The molecule has 3 rings (SSSR count). The summed E-state index contributed by atoms with van der Waals surface area (Å²) >= 11 is 0. The maximum Gasteiger partial charge on any atom is 0.414 e. The third kappa shape index (κ3) is 5.51. The van der Waals surface area contributed by atoms with Crippen molar-refractivity contribution in [3.63, 3.8) is 0 Å². The molecule has 0 bridgehead atoms. The van der Waals surface area contributed by atoms with Crippen molar-refractivity contribution in [1.82, 2.24) is 15.1 Å². The van der Waals surface area contributed by atoms with Crippen LogP contribution in [0.1, 0.15) is 34.3 Å². The number of ether oxygens (including phenoxy) is 1. The number of aldehydes is 1. The first kappa shape index (κ1) is 24.7. The van der Waals surface area contributed by atoms with Crippen molar-refractivity contribution in [1.29, 1.82) is 0 Å². The van der Waals surface area contributed by atoms with Gasteiger partial charge in [-0.3, -0.25) is 9.59 Å². The van der Waals surface area contributed by atoms with E-state index in [9.17, 15) is 23.6 Å². The molecule has 1 heterocycles. The summed E-state index contributed by atoms with van der Waals surface area (Å²) in [4.78, 5) is 50.6. The van der Waals surface area contributed by atoms with Crippen molar-refractivity contribution < 1.29 is 28.3 Å². The zero-order valence-corrected chi connectivity index (χ0v) is 19.3. The van der Waals surface area contributed by atoms with Crippen molar-refractivity contribution >= 4 is 29.9 Å². The van der Waals surface area contributed by atoms with Crippen LogP contribution in [0.3, 0.4) is 0 Å². The molecule has 0 fully saturated rings. The number of rotatable bonds is 9. The first-order chi connectivity index (χ1) is 16.2. The molecule has 1 aliphatic rings. The first-order valence-corrected chi connectivity index (χ1v) is 10.7. The second-order valence-electron chi connectivity index (χ2n) is 8.05. The van der Waals surface area contributed by atoms with Crippen molar-refractivity contribution in [2.75, 3.05) is 26.5 Å². The SMILES string of the molecule is CNC(=O)CCC(C=O)N1Cc2c(NCc3cc(OC(=O)N(C)C)ccc3F)cccc2C1=O. The number of anilines is 1. The van der Waals surface area contributed by atoms with E-state index in [4.69, 9.17) is 4.74 Å². The van der Waals surface area contributed by atoms with Crippen LogP contribution in [0.4, 0.5) is 14.9 Å². The van der Waals surface area contributed by atoms with E-state index in [1.54, 1.807) is 32.3 Å². The number of fused-ring (bicyclic) bond motifs is 1. The molecule has 9 nitrogen and oxygen atoms in total. The summed E-state index contributed by atoms with van der Waals surface area (Å²) in [6.45, 7) is 0.273. The lowest BCUT2D eigenvalue weighted by atomic mass is 10.1. The predicted octanol–water partition coefficient (Wildman–Crippen LogP) is 2.55. The van der Waals surface area contributed by atoms with Crippen LogP contribution in [0, 0.1) is 5.82 Å². The lowest BCUT2D eigenvalue weighted by molar-refractivity contribution is -0.121. The molecule has 34 heavy (non-hydrogen) atoms. The Bertz CT molecular complexity index is 1100. The predicted molar refractivity (Wildman–Crippen MR) is 123 cm³/mol. The highest BCUT2D eigenvalue weighted by Gasteiger charge is 2.34. The number of benzene rings is 2. The van der Waals surface area contributed by atoms with Crippen molar-refractivity contribution in [2.24, 2.45) is 0 Å². The van der Waals surface area contributed by atoms with Gasteiger partial charge in [-0.1, -0.05) is 6.07 Å². The molecule has 3 amide bonds. The molecule has 2 aromatic rings. The molecule has 0 saturated carbocycles. The standard InChI is InChI=1S/C24H27FN4O5/c1-26-22(31)10-7-16(14-30)29-13-19-18(23(29)32)5-4-6-21(19)27-12-15-11-17(8-9-20(15)25)34-24(33)28(2)3/h4-6,8-9,11,14,16,27H,7,10,12-13H2,1-3H3,(H,26,31). The molecule has 0 aromatic heterocycles. The van der Waals surface area contributed by atoms with E-state index >= 15 is 0 Å². The molecule has 180 valence electrons. The zero-order valence-electron chi connectivity index (χ0n) is 19.3. The highest BCUT2D eigenvalue weighted by atomic mass is 19.1. The molecule has 0 spiro atoms. The van der Waals surface area contributed by atoms with Gasteiger partial charge >= 0.3 is 6.09 Å². The second kappa shape index (κ2) is 10.8. The summed E-state index contributed by atoms with van der Waals surface area (Å²) in [6.07, 6.45) is 0.440. The topological polar surface area (TPSA) is 108 Å². The Labute approximate surface area is 196 Å². The average Bonchev–Trinajstić information content (AvgIpc) is 3.16. The highest BCUT2D eigenvalue weighted by Crippen LogP contribution is 2.32. The van der Waals surface area contributed by atoms with Gasteiger partial charge in [0.05, 0.1) is 6.04 Å². The molecule has 2 N–H and O–H groups in total. The molecule has 1 unspecified atom stereocenters. The van der Waals surface area contributed by atoms with E-state index in [1.807, 2.05) is 0 Å². The molecule has 0 radical (unpaired) electrons. The molecule has 2 aromatic carbocycles. The van der Waals surface area contributed by atoms with E-state index in [2.05, 4.69) is 10.6 Å². The number of halogens is 1. The van der Waals surface area contributed by atoms with Gasteiger partial charge in [0.15, 0.2) is 0 Å². The lowest BCUT2D eigenvalue weighted by Crippen LogP contribution is -2.37. The summed E-state index contributed by atoms with van der Waals surface area (Å²) in [6, 6.07) is 8.44. The maximum absolute atomic E-state index is 14.4. The molecule has 0 aliphatic carbocycles. The Morgan fingerprint density at radius 2 is 2.03 bits per heavy atom. The van der Waals surface area contributed by atoms with Crippen molar-refractivity contribution in [2.45, 2.75) is 32.0 Å². The lowest BCUT2D eigenvalue weighted by Gasteiger charge is -2.23. The van der Waals surface area contributed by atoms with Gasteiger partial charge in [0.25, 0.3) is 5.91 Å². The normalized spacial score (nSPS) is 13.2. The monoisotopic (exact) mass is 470 g/mol. The Morgan fingerprint density at radius 3 is 2.71 bits per heavy atom. The third-order valence-corrected chi connectivity index (χ3v) is 5.56. The summed E-state index contributed by atoms with van der Waals surface area (Å²) < 4.78 is 19.6. The van der Waals surface area contributed by atoms with Crippen LogP contribution in [0.25, 0.3) is 0 Å². The maximum atomic E-state index is 14.4. The van der Waals surface area contributed by atoms with Gasteiger partial charge in [0.1, 0.15) is 17.9 Å². The van der Waals surface area contributed by atoms with Gasteiger partial charge in [-0.15, -0.1) is 0 Å². The van der Waals surface area contributed by atoms with E-state index in [-0.39, 0.29) is 49.1 Å². The Hall–Kier alpha value is -3.95. The van der Waals surface area contributed by atoms with Crippen LogP contribution in [0.2, 0.25) is 0 Å². The minimum absolute atomic E-state index is 0.0810. The zero-order chi connectivity index (χ0) is 24.8. The van der Waals surface area contributed by atoms with E-state index < -0.39 is 18.0 Å². The number of nitrogens with one attached hydrogen (secondary N) is 2. The van der Waals surface area contributed by atoms with Crippen LogP contribution in [0.5, 0.6) is 5.75 Å². The Kier molecular flexibility index (Phi) is 7.83. The van der Waals surface area contributed by atoms with Crippen molar-refractivity contribution in [3.05, 3.63) is 58.9 Å². The number of hydrogen-bond donors (Lipinski definition) is 2. The molecule has 10 heteroatoms. The third-order valence-electron chi connectivity index (χ3n) is 5.56. The summed E-state index contributed by atoms with van der Waals surface area (Å²) in [7, 11) is 4.60. The molecular formula is C24H27FN4O5. The number of hydrogen-bond acceptors (Lipinski definition) is 6. The van der Waals surface area contributed by atoms with Crippen LogP contribution in [-0.4, -0.2) is 61.2 Å². The average molecular weight is 471 g/mol. The van der Waals surface area contributed by atoms with Crippen LogP contribution < -0.4 is 15.4 Å². The summed E-state index contributed by atoms with van der Waals surface area (Å²) in [5, 5.41) is 5.64. The van der Waals surface area contributed by atoms with Gasteiger partial charge in [0, 0.05) is 63.0 Å². The van der Waals surface area contributed by atoms with Gasteiger partial charge in [0.2, 0.25) is 5.91 Å². The fraction of sp³-hybridized carbons (Fsp3) is 0.333. The minimum Gasteiger partial charge on any atom is -0.410 e. The van der Waals surface area contributed by atoms with Crippen LogP contribution >= 0.6 is 0 Å². The molecular weight excluding hydrogens is 443 g/mol. The smallest absolute Gasteiger partial charge is 0.410 e. The Balaban J connectivity index is 1.74. The summed E-state index contributed by atoms with van der Waals surface area (Å²) in [5.41, 5.74) is 2.04. The quantitative estimate of drug-likeness (QED) is 0.546. The fourth-order valence-corrected chi connectivity index (χ4v) is 3.62. The number of nitrogens with zero attached hydrogens (tertiary/aromatic N) is 2. The first-order valence-electron chi connectivity index (χ1n) is 10.7. The van der Waals surface area contributed by atoms with E-state index in [0.29, 0.717) is 23.1 Å². The van der Waals surface area contributed by atoms with Gasteiger partial charge in [-0.05, 0) is 36.8 Å². The molecule has 1 atom stereocenters. The number of carbonyl (C=O) groups excluding carboxylic acids is 4. The van der Waals surface area contributed by atoms with Crippen molar-refractivity contribution in [3.8, 4) is 5.75 Å². The summed E-state index contributed by atoms with van der Waals surface area (Å²) in [5.74, 6) is -0.769. The van der Waals surface area contributed by atoms with E-state index in [1.165, 1.54) is 35.0 Å². The molecule has 1 aliphatic heterocycles.